The molecule has 172 valence electrons. The molecule has 0 bridgehead atoms. The van der Waals surface area contributed by atoms with Crippen molar-refractivity contribution in [1.82, 2.24) is 9.88 Å². The first-order chi connectivity index (χ1) is 15.3. The Morgan fingerprint density at radius 2 is 1.88 bits per heavy atom. The number of nitrogens with zero attached hydrogens (tertiary/aromatic N) is 3. The Kier molecular flexibility index (Phi) is 7.89. The van der Waals surface area contributed by atoms with E-state index in [1.165, 1.54) is 0 Å². The van der Waals surface area contributed by atoms with Gasteiger partial charge in [0.05, 0.1) is 6.04 Å². The summed E-state index contributed by atoms with van der Waals surface area (Å²) in [5.74, 6) is 0.607. The van der Waals surface area contributed by atoms with Crippen molar-refractivity contribution < 1.29 is 14.3 Å². The second kappa shape index (κ2) is 10.6. The van der Waals surface area contributed by atoms with E-state index in [1.54, 1.807) is 11.1 Å². The predicted octanol–water partition coefficient (Wildman–Crippen LogP) is 5.99. The molecule has 1 fully saturated rings. The lowest BCUT2D eigenvalue weighted by Crippen LogP contribution is -2.41. The van der Waals surface area contributed by atoms with Gasteiger partial charge in [0.25, 0.3) is 5.91 Å². The molecule has 2 heterocycles. The molecule has 1 aromatic heterocycles. The van der Waals surface area contributed by atoms with Crippen molar-refractivity contribution in [3.63, 3.8) is 0 Å². The van der Waals surface area contributed by atoms with Crippen LogP contribution in [-0.4, -0.2) is 40.6 Å². The number of amides is 2. The first kappa shape index (κ1) is 23.8. The molecule has 6 heteroatoms. The SMILES string of the molecule is CCCCN(C(=O)OC(C)(C)C)c1ncccc1[C@@H]1CCCCN1C(=O)c1ccccc1. The maximum atomic E-state index is 13.4. The summed E-state index contributed by atoms with van der Waals surface area (Å²) in [4.78, 5) is 34.7. The van der Waals surface area contributed by atoms with Crippen molar-refractivity contribution in [2.45, 2.75) is 71.4 Å². The maximum Gasteiger partial charge on any atom is 0.416 e. The highest BCUT2D eigenvalue weighted by Crippen LogP contribution is 2.37. The molecule has 0 radical (unpaired) electrons. The zero-order valence-corrected chi connectivity index (χ0v) is 19.7. The quantitative estimate of drug-likeness (QED) is 0.557. The number of likely N-dealkylation sites (tertiary alicyclic amines) is 1. The molecule has 0 N–H and O–H groups in total. The van der Waals surface area contributed by atoms with E-state index in [0.717, 1.165) is 37.7 Å². The third kappa shape index (κ3) is 5.87. The molecule has 6 nitrogen and oxygen atoms in total. The van der Waals surface area contributed by atoms with Gasteiger partial charge in [-0.25, -0.2) is 9.78 Å². The Hall–Kier alpha value is -2.89. The van der Waals surface area contributed by atoms with Gasteiger partial charge in [-0.2, -0.15) is 0 Å². The third-order valence-corrected chi connectivity index (χ3v) is 5.57. The number of aromatic nitrogens is 1. The van der Waals surface area contributed by atoms with Crippen LogP contribution >= 0.6 is 0 Å². The number of hydrogen-bond acceptors (Lipinski definition) is 4. The average Bonchev–Trinajstić information content (AvgIpc) is 2.78. The molecule has 1 saturated heterocycles. The van der Waals surface area contributed by atoms with Crippen molar-refractivity contribution in [3.05, 3.63) is 59.8 Å². The molecule has 0 spiro atoms. The van der Waals surface area contributed by atoms with E-state index in [0.29, 0.717) is 24.5 Å². The smallest absolute Gasteiger partial charge is 0.416 e. The van der Waals surface area contributed by atoms with Gasteiger partial charge < -0.3 is 9.64 Å². The molecule has 0 aliphatic carbocycles. The average molecular weight is 438 g/mol. The van der Waals surface area contributed by atoms with E-state index in [4.69, 9.17) is 4.74 Å². The molecular formula is C26H35N3O3. The molecule has 0 saturated carbocycles. The number of ether oxygens (including phenoxy) is 1. The Morgan fingerprint density at radius 3 is 2.56 bits per heavy atom. The van der Waals surface area contributed by atoms with Gasteiger partial charge in [-0.3, -0.25) is 9.69 Å². The Labute approximate surface area is 191 Å². The maximum absolute atomic E-state index is 13.4. The molecule has 0 unspecified atom stereocenters. The summed E-state index contributed by atoms with van der Waals surface area (Å²) in [6.45, 7) is 8.90. The number of benzene rings is 1. The van der Waals surface area contributed by atoms with Crippen molar-refractivity contribution in [1.29, 1.82) is 0 Å². The summed E-state index contributed by atoms with van der Waals surface area (Å²) in [5, 5.41) is 0. The van der Waals surface area contributed by atoms with Crippen molar-refractivity contribution in [2.75, 3.05) is 18.0 Å². The van der Waals surface area contributed by atoms with Crippen LogP contribution in [0.1, 0.15) is 81.8 Å². The molecule has 32 heavy (non-hydrogen) atoms. The summed E-state index contributed by atoms with van der Waals surface area (Å²) in [6.07, 6.45) is 5.93. The van der Waals surface area contributed by atoms with Gasteiger partial charge in [-0.05, 0) is 64.7 Å². The third-order valence-electron chi connectivity index (χ3n) is 5.57. The molecule has 2 amide bonds. The fourth-order valence-electron chi connectivity index (χ4n) is 4.06. The highest BCUT2D eigenvalue weighted by molar-refractivity contribution is 5.95. The largest absolute Gasteiger partial charge is 0.443 e. The molecule has 3 rings (SSSR count). The molecule has 1 aliphatic rings. The predicted molar refractivity (Wildman–Crippen MR) is 127 cm³/mol. The van der Waals surface area contributed by atoms with Crippen LogP contribution in [0.4, 0.5) is 10.6 Å². The summed E-state index contributed by atoms with van der Waals surface area (Å²) < 4.78 is 5.70. The number of hydrogen-bond donors (Lipinski definition) is 0. The zero-order valence-electron chi connectivity index (χ0n) is 19.7. The van der Waals surface area contributed by atoms with Crippen LogP contribution < -0.4 is 4.90 Å². The fraction of sp³-hybridized carbons (Fsp3) is 0.500. The van der Waals surface area contributed by atoms with Crippen molar-refractivity contribution >= 4 is 17.8 Å². The highest BCUT2D eigenvalue weighted by atomic mass is 16.6. The number of carbonyl (C=O) groups excluding carboxylic acids is 2. The Balaban J connectivity index is 1.98. The van der Waals surface area contributed by atoms with Gasteiger partial charge in [0.1, 0.15) is 11.4 Å². The zero-order chi connectivity index (χ0) is 23.1. The van der Waals surface area contributed by atoms with Crippen molar-refractivity contribution in [2.24, 2.45) is 0 Å². The van der Waals surface area contributed by atoms with Gasteiger partial charge in [0, 0.05) is 30.4 Å². The number of piperidine rings is 1. The Bertz CT molecular complexity index is 908. The lowest BCUT2D eigenvalue weighted by atomic mass is 9.94. The molecule has 1 atom stereocenters. The van der Waals surface area contributed by atoms with Gasteiger partial charge in [0.15, 0.2) is 0 Å². The first-order valence-corrected chi connectivity index (χ1v) is 11.6. The van der Waals surface area contributed by atoms with Crippen molar-refractivity contribution in [3.8, 4) is 0 Å². The van der Waals surface area contributed by atoms with Crippen LogP contribution in [0.3, 0.4) is 0 Å². The minimum atomic E-state index is -0.601. The highest BCUT2D eigenvalue weighted by Gasteiger charge is 2.33. The minimum absolute atomic E-state index is 0.0162. The van der Waals surface area contributed by atoms with Crippen LogP contribution in [0.5, 0.6) is 0 Å². The molecule has 2 aromatic rings. The van der Waals surface area contributed by atoms with E-state index in [1.807, 2.05) is 68.1 Å². The molecule has 1 aromatic carbocycles. The van der Waals surface area contributed by atoms with Gasteiger partial charge in [0.2, 0.25) is 0 Å². The summed E-state index contributed by atoms with van der Waals surface area (Å²) in [7, 11) is 0. The van der Waals surface area contributed by atoms with E-state index in [2.05, 4.69) is 11.9 Å². The topological polar surface area (TPSA) is 62.7 Å². The lowest BCUT2D eigenvalue weighted by molar-refractivity contribution is 0.0577. The van der Waals surface area contributed by atoms with Crippen LogP contribution in [0.2, 0.25) is 0 Å². The second-order valence-electron chi connectivity index (χ2n) is 9.28. The van der Waals surface area contributed by atoms with Gasteiger partial charge >= 0.3 is 6.09 Å². The molecule has 1 aliphatic heterocycles. The summed E-state index contributed by atoms with van der Waals surface area (Å²) in [6, 6.07) is 13.1. The molecular weight excluding hydrogens is 402 g/mol. The minimum Gasteiger partial charge on any atom is -0.443 e. The van der Waals surface area contributed by atoms with Crippen LogP contribution in [-0.2, 0) is 4.74 Å². The van der Waals surface area contributed by atoms with E-state index in [9.17, 15) is 9.59 Å². The Morgan fingerprint density at radius 1 is 1.12 bits per heavy atom. The first-order valence-electron chi connectivity index (χ1n) is 11.6. The number of carbonyl (C=O) groups is 2. The van der Waals surface area contributed by atoms with E-state index in [-0.39, 0.29) is 11.9 Å². The van der Waals surface area contributed by atoms with Crippen LogP contribution in [0, 0.1) is 0 Å². The number of pyridine rings is 1. The number of unbranched alkanes of at least 4 members (excludes halogenated alkanes) is 1. The normalized spacial score (nSPS) is 16.5. The van der Waals surface area contributed by atoms with Crippen LogP contribution in [0.25, 0.3) is 0 Å². The summed E-state index contributed by atoms with van der Waals surface area (Å²) >= 11 is 0. The lowest BCUT2D eigenvalue weighted by Gasteiger charge is -2.38. The number of rotatable bonds is 6. The standard InChI is InChI=1S/C26H35N3O3/c1-5-6-18-29(25(31)32-26(2,3)4)23-21(15-12-17-27-23)22-16-10-11-19-28(22)24(30)20-13-8-7-9-14-20/h7-9,12-15,17,22H,5-6,10-11,16,18-19H2,1-4H3/t22-/m0/s1. The second-order valence-corrected chi connectivity index (χ2v) is 9.28. The number of anilines is 1. The summed E-state index contributed by atoms with van der Waals surface area (Å²) in [5.41, 5.74) is 0.981. The van der Waals surface area contributed by atoms with E-state index < -0.39 is 11.7 Å². The van der Waals surface area contributed by atoms with E-state index >= 15 is 0 Å². The van der Waals surface area contributed by atoms with Crippen LogP contribution in [0.15, 0.2) is 48.7 Å². The van der Waals surface area contributed by atoms with Gasteiger partial charge in [-0.1, -0.05) is 37.6 Å². The fourth-order valence-corrected chi connectivity index (χ4v) is 4.06. The van der Waals surface area contributed by atoms with Gasteiger partial charge in [-0.15, -0.1) is 0 Å². The monoisotopic (exact) mass is 437 g/mol.